The molecule has 3 aliphatic carbocycles. The van der Waals surface area contributed by atoms with Crippen LogP contribution in [0.3, 0.4) is 0 Å². The number of nitrogens with zero attached hydrogens (tertiary/aromatic N) is 1. The van der Waals surface area contributed by atoms with Gasteiger partial charge in [0.25, 0.3) is 0 Å². The fourth-order valence-electron chi connectivity index (χ4n) is 10.1. The summed E-state index contributed by atoms with van der Waals surface area (Å²) in [5.41, 5.74) is 8.28. The van der Waals surface area contributed by atoms with Crippen molar-refractivity contribution in [3.63, 3.8) is 0 Å². The van der Waals surface area contributed by atoms with Crippen molar-refractivity contribution >= 4 is 53.5 Å². The molecule has 0 unspecified atom stereocenters. The normalized spacial score (nSPS) is 18.4. The Labute approximate surface area is 379 Å². The molecule has 0 aliphatic heterocycles. The van der Waals surface area contributed by atoms with E-state index in [1.54, 1.807) is 0 Å². The summed E-state index contributed by atoms with van der Waals surface area (Å²) in [6, 6.07) is 49.6. The zero-order chi connectivity index (χ0) is 43.8. The van der Waals surface area contributed by atoms with Gasteiger partial charge in [-0.3, -0.25) is 0 Å². The summed E-state index contributed by atoms with van der Waals surface area (Å²) in [6.45, 7) is 0. The average Bonchev–Trinajstić information content (AvgIpc) is 3.34. The van der Waals surface area contributed by atoms with E-state index < -0.39 is 17.0 Å². The Morgan fingerprint density at radius 3 is 0.656 bits per heavy atom. The molecule has 3 saturated carbocycles. The van der Waals surface area contributed by atoms with Crippen molar-refractivity contribution in [3.05, 3.63) is 196 Å². The first kappa shape index (κ1) is 43.4. The number of hydrogen-bond donors (Lipinski definition) is 0. The van der Waals surface area contributed by atoms with Crippen LogP contribution in [0.1, 0.15) is 146 Å². The average molecular weight is 852 g/mol. The molecule has 0 atom stereocenters. The molecule has 0 aromatic heterocycles. The highest BCUT2D eigenvalue weighted by Gasteiger charge is 2.35. The van der Waals surface area contributed by atoms with E-state index in [-0.39, 0.29) is 0 Å². The molecule has 4 heteroatoms. The van der Waals surface area contributed by atoms with E-state index in [9.17, 15) is 0 Å². The van der Waals surface area contributed by atoms with Crippen LogP contribution in [0.4, 0.5) is 30.2 Å². The van der Waals surface area contributed by atoms with Gasteiger partial charge in [0.05, 0.1) is 0 Å². The van der Waals surface area contributed by atoms with Crippen molar-refractivity contribution in [3.8, 4) is 0 Å². The van der Waals surface area contributed by atoms with Crippen LogP contribution in [0.2, 0.25) is 0 Å². The SMILES string of the molecule is FC1(c2ccc(C=Cc3ccc(N(c4ccc(C=Cc5ccc(C6(F)CCCCC6)cc5)cc4)c4ccc(C=Cc5ccc(C6(F)CCCCC6)cc5)cc4)cc3)cc2)CCCCC1. The fourth-order valence-corrected chi connectivity index (χ4v) is 10.1. The van der Waals surface area contributed by atoms with Gasteiger partial charge in [-0.05, 0) is 164 Å². The second kappa shape index (κ2) is 19.5. The summed E-state index contributed by atoms with van der Waals surface area (Å²) >= 11 is 0. The molecule has 6 aromatic carbocycles. The van der Waals surface area contributed by atoms with E-state index in [1.807, 2.05) is 72.8 Å². The summed E-state index contributed by atoms with van der Waals surface area (Å²) in [5, 5.41) is 0. The highest BCUT2D eigenvalue weighted by atomic mass is 19.2. The molecule has 0 amide bonds. The van der Waals surface area contributed by atoms with Gasteiger partial charge in [-0.1, -0.05) is 165 Å². The Hall–Kier alpha value is -5.87. The predicted octanol–water partition coefficient (Wildman–Crippen LogP) is 18.1. The predicted molar refractivity (Wildman–Crippen MR) is 265 cm³/mol. The Morgan fingerprint density at radius 1 is 0.266 bits per heavy atom. The molecular formula is C60H60F3N. The molecule has 1 nitrogen and oxygen atoms in total. The van der Waals surface area contributed by atoms with Crippen molar-refractivity contribution in [2.45, 2.75) is 113 Å². The first-order valence-electron chi connectivity index (χ1n) is 23.8. The molecule has 0 bridgehead atoms. The van der Waals surface area contributed by atoms with Gasteiger partial charge in [0.1, 0.15) is 17.0 Å². The van der Waals surface area contributed by atoms with Crippen molar-refractivity contribution in [2.75, 3.05) is 4.90 Å². The number of benzene rings is 6. The Balaban J connectivity index is 0.925. The van der Waals surface area contributed by atoms with Gasteiger partial charge in [-0.15, -0.1) is 0 Å². The van der Waals surface area contributed by atoms with Gasteiger partial charge in [0.15, 0.2) is 0 Å². The lowest BCUT2D eigenvalue weighted by Gasteiger charge is -2.29. The molecule has 0 saturated heterocycles. The quantitative estimate of drug-likeness (QED) is 0.111. The first-order valence-corrected chi connectivity index (χ1v) is 23.8. The molecule has 0 heterocycles. The number of anilines is 3. The van der Waals surface area contributed by atoms with Gasteiger partial charge in [-0.25, -0.2) is 13.2 Å². The third kappa shape index (κ3) is 10.2. The van der Waals surface area contributed by atoms with Crippen molar-refractivity contribution in [1.29, 1.82) is 0 Å². The summed E-state index contributed by atoms with van der Waals surface area (Å²) in [6.07, 6.45) is 25.4. The lowest BCUT2D eigenvalue weighted by atomic mass is 9.81. The molecule has 0 N–H and O–H groups in total. The highest BCUT2D eigenvalue weighted by molar-refractivity contribution is 5.80. The van der Waals surface area contributed by atoms with Crippen molar-refractivity contribution in [1.82, 2.24) is 0 Å². The number of rotatable bonds is 12. The number of alkyl halides is 3. The van der Waals surface area contributed by atoms with E-state index in [4.69, 9.17) is 0 Å². The maximum absolute atomic E-state index is 15.6. The maximum Gasteiger partial charge on any atom is 0.136 e. The van der Waals surface area contributed by atoms with Crippen LogP contribution >= 0.6 is 0 Å². The second-order valence-electron chi connectivity index (χ2n) is 18.6. The summed E-state index contributed by atoms with van der Waals surface area (Å²) < 4.78 is 46.7. The van der Waals surface area contributed by atoms with Gasteiger partial charge < -0.3 is 4.90 Å². The van der Waals surface area contributed by atoms with Crippen LogP contribution in [0.5, 0.6) is 0 Å². The first-order chi connectivity index (χ1) is 31.2. The van der Waals surface area contributed by atoms with E-state index >= 15 is 13.2 Å². The summed E-state index contributed by atoms with van der Waals surface area (Å²) in [4.78, 5) is 2.26. The number of halogens is 3. The largest absolute Gasteiger partial charge is 0.311 e. The molecule has 0 spiro atoms. The van der Waals surface area contributed by atoms with E-state index in [0.29, 0.717) is 38.5 Å². The monoisotopic (exact) mass is 851 g/mol. The Bertz CT molecular complexity index is 2220. The zero-order valence-electron chi connectivity index (χ0n) is 37.0. The van der Waals surface area contributed by atoms with Crippen LogP contribution in [-0.2, 0) is 17.0 Å². The second-order valence-corrected chi connectivity index (χ2v) is 18.6. The zero-order valence-corrected chi connectivity index (χ0v) is 37.0. The van der Waals surface area contributed by atoms with Crippen LogP contribution in [0, 0.1) is 0 Å². The smallest absolute Gasteiger partial charge is 0.136 e. The third-order valence-corrected chi connectivity index (χ3v) is 14.1. The molecule has 3 aliphatic rings. The van der Waals surface area contributed by atoms with Gasteiger partial charge in [0.2, 0.25) is 0 Å². The van der Waals surface area contributed by atoms with E-state index in [0.717, 1.165) is 125 Å². The minimum absolute atomic E-state index is 0.617. The lowest BCUT2D eigenvalue weighted by molar-refractivity contribution is 0.106. The minimum atomic E-state index is -1.19. The van der Waals surface area contributed by atoms with Crippen molar-refractivity contribution < 1.29 is 13.2 Å². The fraction of sp³-hybridized carbons (Fsp3) is 0.300. The molecule has 9 rings (SSSR count). The van der Waals surface area contributed by atoms with Gasteiger partial charge >= 0.3 is 0 Å². The van der Waals surface area contributed by atoms with Crippen LogP contribution in [0.15, 0.2) is 146 Å². The summed E-state index contributed by atoms with van der Waals surface area (Å²) in [5.74, 6) is 0. The highest BCUT2D eigenvalue weighted by Crippen LogP contribution is 2.43. The topological polar surface area (TPSA) is 3.24 Å². The lowest BCUT2D eigenvalue weighted by Crippen LogP contribution is -2.23. The molecule has 64 heavy (non-hydrogen) atoms. The standard InChI is InChI=1S/C60H60F3N/c61-58(40-4-1-5-41-58)52-28-16-46(17-29-52)10-13-49-22-34-55(35-23-49)64(56-36-24-50(25-37-56)14-11-47-18-30-53(31-19-47)59(62)42-6-2-7-43-59)57-38-26-51(27-39-57)15-12-48-20-32-54(33-21-48)60(63)44-8-3-9-45-60/h10-39H,1-9,40-45H2. The summed E-state index contributed by atoms with van der Waals surface area (Å²) in [7, 11) is 0. The third-order valence-electron chi connectivity index (χ3n) is 14.1. The molecule has 326 valence electrons. The Morgan fingerprint density at radius 2 is 0.453 bits per heavy atom. The van der Waals surface area contributed by atoms with Crippen molar-refractivity contribution in [2.24, 2.45) is 0 Å². The van der Waals surface area contributed by atoms with E-state index in [2.05, 4.69) is 114 Å². The van der Waals surface area contributed by atoms with Gasteiger partial charge in [-0.2, -0.15) is 0 Å². The molecular weight excluding hydrogens is 792 g/mol. The van der Waals surface area contributed by atoms with Crippen LogP contribution in [0.25, 0.3) is 36.5 Å². The number of hydrogen-bond acceptors (Lipinski definition) is 1. The molecule has 0 radical (unpaired) electrons. The van der Waals surface area contributed by atoms with Crippen LogP contribution in [-0.4, -0.2) is 0 Å². The Kier molecular flexibility index (Phi) is 13.2. The van der Waals surface area contributed by atoms with E-state index in [1.165, 1.54) is 0 Å². The maximum atomic E-state index is 15.6. The van der Waals surface area contributed by atoms with Crippen LogP contribution < -0.4 is 4.90 Å². The molecule has 6 aromatic rings. The van der Waals surface area contributed by atoms with Gasteiger partial charge in [0, 0.05) is 17.1 Å². The minimum Gasteiger partial charge on any atom is -0.311 e. The molecule has 3 fully saturated rings.